The molecule has 2 aromatic carbocycles. The molecule has 0 fully saturated rings. The van der Waals surface area contributed by atoms with Gasteiger partial charge in [0.05, 0.1) is 18.5 Å². The van der Waals surface area contributed by atoms with Gasteiger partial charge in [-0.2, -0.15) is 0 Å². The summed E-state index contributed by atoms with van der Waals surface area (Å²) in [6.45, 7) is 0.926. The summed E-state index contributed by atoms with van der Waals surface area (Å²) >= 11 is 0. The number of amides is 1. The summed E-state index contributed by atoms with van der Waals surface area (Å²) in [6.07, 6.45) is 2.00. The first-order valence-electron chi connectivity index (χ1n) is 8.94. The fraction of sp³-hybridized carbons (Fsp3) is 0.182. The molecule has 27 heavy (non-hydrogen) atoms. The largest absolute Gasteiger partial charge is 0.459 e. The molecule has 5 nitrogen and oxygen atoms in total. The summed E-state index contributed by atoms with van der Waals surface area (Å²) in [4.78, 5) is 20.3. The maximum Gasteiger partial charge on any atom is 0.289 e. The van der Waals surface area contributed by atoms with Gasteiger partial charge in [0.25, 0.3) is 5.91 Å². The zero-order valence-corrected chi connectivity index (χ0v) is 14.8. The number of hydrogen-bond donors (Lipinski definition) is 0. The first-order valence-corrected chi connectivity index (χ1v) is 8.94. The lowest BCUT2D eigenvalue weighted by molar-refractivity contribution is 0.0387. The summed E-state index contributed by atoms with van der Waals surface area (Å²) in [7, 11) is 0. The lowest BCUT2D eigenvalue weighted by atomic mass is 10.0. The third kappa shape index (κ3) is 4.08. The predicted octanol–water partition coefficient (Wildman–Crippen LogP) is 4.12. The van der Waals surface area contributed by atoms with Crippen molar-refractivity contribution in [3.8, 4) is 0 Å². The van der Waals surface area contributed by atoms with Crippen molar-refractivity contribution in [2.75, 3.05) is 6.54 Å². The van der Waals surface area contributed by atoms with Crippen LogP contribution < -0.4 is 0 Å². The maximum atomic E-state index is 12.9. The maximum absolute atomic E-state index is 12.9. The highest BCUT2D eigenvalue weighted by Crippen LogP contribution is 2.20. The van der Waals surface area contributed by atoms with Crippen molar-refractivity contribution in [1.29, 1.82) is 0 Å². The van der Waals surface area contributed by atoms with Crippen LogP contribution in [0.3, 0.4) is 0 Å². The number of rotatable bonds is 6. The summed E-state index contributed by atoms with van der Waals surface area (Å²) in [5, 5.41) is 4.22. The van der Waals surface area contributed by atoms with Crippen molar-refractivity contribution >= 4 is 11.6 Å². The van der Waals surface area contributed by atoms with Crippen molar-refractivity contribution in [3.63, 3.8) is 0 Å². The van der Waals surface area contributed by atoms with Crippen LogP contribution in [0.2, 0.25) is 0 Å². The third-order valence-corrected chi connectivity index (χ3v) is 4.50. The zero-order valence-electron chi connectivity index (χ0n) is 14.8. The van der Waals surface area contributed by atoms with Crippen LogP contribution in [0.25, 0.3) is 0 Å². The molecule has 0 radical (unpaired) electrons. The topological polar surface area (TPSA) is 55.0 Å². The summed E-state index contributed by atoms with van der Waals surface area (Å²) in [6, 6.07) is 23.3. The molecule has 1 atom stereocenters. The normalized spacial score (nSPS) is 15.9. The second-order valence-electron chi connectivity index (χ2n) is 6.48. The van der Waals surface area contributed by atoms with E-state index in [0.29, 0.717) is 25.3 Å². The van der Waals surface area contributed by atoms with Crippen LogP contribution in [-0.2, 0) is 11.4 Å². The van der Waals surface area contributed by atoms with E-state index in [2.05, 4.69) is 5.16 Å². The quantitative estimate of drug-likeness (QED) is 0.665. The Morgan fingerprint density at radius 3 is 2.44 bits per heavy atom. The minimum Gasteiger partial charge on any atom is -0.459 e. The first-order chi connectivity index (χ1) is 13.3. The van der Waals surface area contributed by atoms with Gasteiger partial charge >= 0.3 is 0 Å². The molecule has 0 N–H and O–H groups in total. The second-order valence-corrected chi connectivity index (χ2v) is 6.48. The molecule has 1 aliphatic rings. The molecule has 4 rings (SSSR count). The van der Waals surface area contributed by atoms with Gasteiger partial charge in [0.15, 0.2) is 11.9 Å². The van der Waals surface area contributed by atoms with Gasteiger partial charge in [-0.1, -0.05) is 65.8 Å². The highest BCUT2D eigenvalue weighted by Gasteiger charge is 2.28. The molecule has 0 aliphatic carbocycles. The predicted molar refractivity (Wildman–Crippen MR) is 102 cm³/mol. The van der Waals surface area contributed by atoms with Crippen LogP contribution in [0.15, 0.2) is 88.6 Å². The average molecular weight is 360 g/mol. The van der Waals surface area contributed by atoms with Crippen molar-refractivity contribution in [1.82, 2.24) is 4.90 Å². The minimum atomic E-state index is -0.178. The number of nitrogens with zero attached hydrogens (tertiary/aromatic N) is 2. The van der Waals surface area contributed by atoms with Gasteiger partial charge < -0.3 is 14.2 Å². The first kappa shape index (κ1) is 17.1. The van der Waals surface area contributed by atoms with E-state index < -0.39 is 0 Å². The highest BCUT2D eigenvalue weighted by molar-refractivity contribution is 6.01. The van der Waals surface area contributed by atoms with Crippen molar-refractivity contribution in [2.24, 2.45) is 5.16 Å². The molecule has 1 aliphatic heterocycles. The molecular weight excluding hydrogens is 340 g/mol. The minimum absolute atomic E-state index is 0.152. The summed E-state index contributed by atoms with van der Waals surface area (Å²) in [5.41, 5.74) is 3.01. The summed E-state index contributed by atoms with van der Waals surface area (Å²) < 4.78 is 5.31. The number of carbonyl (C=O) groups is 1. The molecule has 1 aromatic heterocycles. The smallest absolute Gasteiger partial charge is 0.289 e. The molecule has 3 aromatic rings. The fourth-order valence-corrected chi connectivity index (χ4v) is 3.15. The Morgan fingerprint density at radius 2 is 1.74 bits per heavy atom. The van der Waals surface area contributed by atoms with E-state index in [1.807, 2.05) is 60.7 Å². The Morgan fingerprint density at radius 1 is 1.00 bits per heavy atom. The van der Waals surface area contributed by atoms with E-state index in [1.165, 1.54) is 6.26 Å². The Balaban J connectivity index is 1.47. The Bertz CT molecular complexity index is 905. The average Bonchev–Trinajstić information content (AvgIpc) is 3.41. The van der Waals surface area contributed by atoms with Gasteiger partial charge in [-0.3, -0.25) is 4.79 Å². The molecule has 0 saturated carbocycles. The van der Waals surface area contributed by atoms with Crippen LogP contribution >= 0.6 is 0 Å². The van der Waals surface area contributed by atoms with Gasteiger partial charge in [-0.05, 0) is 23.3 Å². The molecule has 0 saturated heterocycles. The lowest BCUT2D eigenvalue weighted by Crippen LogP contribution is -2.37. The Kier molecular flexibility index (Phi) is 5.01. The standard InChI is InChI=1S/C22H20N2O3/c25-22(21-12-7-13-26-21)24(15-17-8-3-1-4-9-17)16-19-14-20(23-27-19)18-10-5-2-6-11-18/h1-13,19H,14-16H2/t19-/m1/s1. The number of benzene rings is 2. The molecule has 0 unspecified atom stereocenters. The van der Waals surface area contributed by atoms with Gasteiger partial charge in [0, 0.05) is 13.0 Å². The van der Waals surface area contributed by atoms with Crippen LogP contribution in [0, 0.1) is 0 Å². The number of oxime groups is 1. The van der Waals surface area contributed by atoms with E-state index in [0.717, 1.165) is 16.8 Å². The van der Waals surface area contributed by atoms with E-state index in [1.54, 1.807) is 17.0 Å². The fourth-order valence-electron chi connectivity index (χ4n) is 3.15. The van der Waals surface area contributed by atoms with Gasteiger partial charge in [-0.15, -0.1) is 0 Å². The number of hydrogen-bond acceptors (Lipinski definition) is 4. The Hall–Kier alpha value is -3.34. The lowest BCUT2D eigenvalue weighted by Gasteiger charge is -2.24. The van der Waals surface area contributed by atoms with Crippen LogP contribution in [0.1, 0.15) is 28.1 Å². The van der Waals surface area contributed by atoms with Gasteiger partial charge in [0.2, 0.25) is 0 Å². The zero-order chi connectivity index (χ0) is 18.5. The highest BCUT2D eigenvalue weighted by atomic mass is 16.6. The van der Waals surface area contributed by atoms with E-state index in [9.17, 15) is 4.79 Å². The molecule has 136 valence electrons. The number of carbonyl (C=O) groups excluding carboxylic acids is 1. The van der Waals surface area contributed by atoms with Crippen molar-refractivity contribution < 1.29 is 14.0 Å². The summed E-state index contributed by atoms with van der Waals surface area (Å²) in [5.74, 6) is 0.175. The van der Waals surface area contributed by atoms with E-state index in [-0.39, 0.29) is 12.0 Å². The molecule has 5 heteroatoms. The Labute approximate surface area is 157 Å². The number of furan rings is 1. The SMILES string of the molecule is O=C(c1ccco1)N(Cc1ccccc1)C[C@H]1CC(c2ccccc2)=NO1. The molecular formula is C22H20N2O3. The van der Waals surface area contributed by atoms with Crippen molar-refractivity contribution in [2.45, 2.75) is 19.1 Å². The second kappa shape index (κ2) is 7.91. The van der Waals surface area contributed by atoms with E-state index >= 15 is 0 Å². The van der Waals surface area contributed by atoms with Gasteiger partial charge in [-0.25, -0.2) is 0 Å². The van der Waals surface area contributed by atoms with Crippen molar-refractivity contribution in [3.05, 3.63) is 95.9 Å². The van der Waals surface area contributed by atoms with E-state index in [4.69, 9.17) is 9.25 Å². The van der Waals surface area contributed by atoms with Crippen LogP contribution in [0.4, 0.5) is 0 Å². The van der Waals surface area contributed by atoms with Crippen LogP contribution in [-0.4, -0.2) is 29.2 Å². The van der Waals surface area contributed by atoms with Gasteiger partial charge in [0.1, 0.15) is 0 Å². The monoisotopic (exact) mass is 360 g/mol. The molecule has 1 amide bonds. The third-order valence-electron chi connectivity index (χ3n) is 4.50. The van der Waals surface area contributed by atoms with Crippen LogP contribution in [0.5, 0.6) is 0 Å². The molecule has 2 heterocycles. The molecule has 0 spiro atoms. The molecule has 0 bridgehead atoms.